The zero-order valence-electron chi connectivity index (χ0n) is 13.1. The van der Waals surface area contributed by atoms with Crippen molar-refractivity contribution in [1.82, 2.24) is 10.2 Å². The van der Waals surface area contributed by atoms with E-state index in [9.17, 15) is 9.59 Å². The first-order valence-electron chi connectivity index (χ1n) is 8.00. The largest absolute Gasteiger partial charge is 0.351 e. The number of primary amides is 1. The Morgan fingerprint density at radius 1 is 1.36 bits per heavy atom. The van der Waals surface area contributed by atoms with Gasteiger partial charge < -0.3 is 5.73 Å². The molecule has 0 aromatic heterocycles. The number of nitrogens with two attached hydrogens (primary N) is 1. The van der Waals surface area contributed by atoms with Crippen LogP contribution < -0.4 is 11.1 Å². The van der Waals surface area contributed by atoms with Crippen LogP contribution >= 0.6 is 0 Å². The number of nitrogens with one attached hydrogen (secondary N) is 1. The number of benzene rings is 1. The topological polar surface area (TPSA) is 75.4 Å². The summed E-state index contributed by atoms with van der Waals surface area (Å²) in [5, 5.41) is 2.13. The Kier molecular flexibility index (Phi) is 5.95. The fourth-order valence-corrected chi connectivity index (χ4v) is 3.46. The maximum Gasteiger partial charge on any atom is 0.318 e. The summed E-state index contributed by atoms with van der Waals surface area (Å²) in [4.78, 5) is 24.7. The van der Waals surface area contributed by atoms with E-state index in [1.54, 1.807) is 0 Å². The van der Waals surface area contributed by atoms with E-state index in [-0.39, 0.29) is 5.91 Å². The first-order valence-corrected chi connectivity index (χ1v) is 8.00. The molecular weight excluding hydrogens is 278 g/mol. The molecule has 0 radical (unpaired) electrons. The molecule has 0 bridgehead atoms. The van der Waals surface area contributed by atoms with Crippen LogP contribution in [0.1, 0.15) is 44.1 Å². The number of urea groups is 1. The van der Waals surface area contributed by atoms with Gasteiger partial charge in [-0.1, -0.05) is 37.3 Å². The SMILES string of the molecule is CCC(c1ccccc1)C1CCCN1CCC(=O)NC(N)=O. The second kappa shape index (κ2) is 7.94. The van der Waals surface area contributed by atoms with E-state index in [1.807, 2.05) is 6.07 Å². The summed E-state index contributed by atoms with van der Waals surface area (Å²) >= 11 is 0. The Hall–Kier alpha value is -1.88. The van der Waals surface area contributed by atoms with Crippen LogP contribution in [0, 0.1) is 0 Å². The van der Waals surface area contributed by atoms with Crippen molar-refractivity contribution < 1.29 is 9.59 Å². The highest BCUT2D eigenvalue weighted by Gasteiger charge is 2.31. The van der Waals surface area contributed by atoms with Gasteiger partial charge in [-0.15, -0.1) is 0 Å². The first kappa shape index (κ1) is 16.5. The van der Waals surface area contributed by atoms with Crippen LogP contribution in [0.25, 0.3) is 0 Å². The lowest BCUT2D eigenvalue weighted by Gasteiger charge is -2.31. The van der Waals surface area contributed by atoms with E-state index in [2.05, 4.69) is 41.4 Å². The molecule has 3 N–H and O–H groups in total. The quantitative estimate of drug-likeness (QED) is 0.846. The Labute approximate surface area is 131 Å². The van der Waals surface area contributed by atoms with Crippen molar-refractivity contribution in [1.29, 1.82) is 0 Å². The maximum absolute atomic E-state index is 11.6. The molecule has 2 unspecified atom stereocenters. The van der Waals surface area contributed by atoms with Crippen LogP contribution in [-0.2, 0) is 4.79 Å². The monoisotopic (exact) mass is 303 g/mol. The molecule has 0 aliphatic carbocycles. The lowest BCUT2D eigenvalue weighted by atomic mass is 9.87. The van der Waals surface area contributed by atoms with Crippen molar-refractivity contribution in [3.63, 3.8) is 0 Å². The van der Waals surface area contributed by atoms with E-state index in [0.29, 0.717) is 24.9 Å². The minimum absolute atomic E-state index is 0.300. The second-order valence-corrected chi connectivity index (χ2v) is 5.83. The first-order chi connectivity index (χ1) is 10.6. The van der Waals surface area contributed by atoms with Gasteiger partial charge in [0.15, 0.2) is 0 Å². The third kappa shape index (κ3) is 4.31. The molecule has 2 rings (SSSR count). The van der Waals surface area contributed by atoms with Crippen molar-refractivity contribution in [2.75, 3.05) is 13.1 Å². The average Bonchev–Trinajstić information content (AvgIpc) is 2.95. The standard InChI is InChI=1S/C17H25N3O2/c1-2-14(13-7-4-3-5-8-13)15-9-6-11-20(15)12-10-16(21)19-17(18)22/h3-5,7-8,14-15H,2,6,9-12H2,1H3,(H3,18,19,21,22). The van der Waals surface area contributed by atoms with Crippen LogP contribution in [-0.4, -0.2) is 36.0 Å². The number of hydrogen-bond acceptors (Lipinski definition) is 3. The lowest BCUT2D eigenvalue weighted by molar-refractivity contribution is -0.120. The van der Waals surface area contributed by atoms with Crippen LogP contribution in [0.3, 0.4) is 0 Å². The molecule has 1 fully saturated rings. The van der Waals surface area contributed by atoms with Crippen LogP contribution in [0.2, 0.25) is 0 Å². The number of amides is 3. The van der Waals surface area contributed by atoms with Crippen LogP contribution in [0.5, 0.6) is 0 Å². The molecule has 1 aliphatic rings. The highest BCUT2D eigenvalue weighted by atomic mass is 16.2. The highest BCUT2D eigenvalue weighted by molar-refractivity contribution is 5.93. The third-order valence-electron chi connectivity index (χ3n) is 4.43. The van der Waals surface area contributed by atoms with Gasteiger partial charge in [0, 0.05) is 19.0 Å². The number of hydrogen-bond donors (Lipinski definition) is 2. The molecule has 0 spiro atoms. The normalized spacial score (nSPS) is 19.8. The molecule has 1 saturated heterocycles. The Balaban J connectivity index is 1.97. The molecule has 3 amide bonds. The maximum atomic E-state index is 11.6. The molecular formula is C17H25N3O2. The predicted octanol–water partition coefficient (Wildman–Crippen LogP) is 2.23. The van der Waals surface area contributed by atoms with Gasteiger partial charge in [-0.3, -0.25) is 15.0 Å². The van der Waals surface area contributed by atoms with Crippen LogP contribution in [0.4, 0.5) is 4.79 Å². The number of likely N-dealkylation sites (tertiary alicyclic amines) is 1. The average molecular weight is 303 g/mol. The van der Waals surface area contributed by atoms with Crippen molar-refractivity contribution in [3.05, 3.63) is 35.9 Å². The fraction of sp³-hybridized carbons (Fsp3) is 0.529. The Morgan fingerprint density at radius 2 is 2.09 bits per heavy atom. The third-order valence-corrected chi connectivity index (χ3v) is 4.43. The summed E-state index contributed by atoms with van der Waals surface area (Å²) in [5.74, 6) is 0.189. The van der Waals surface area contributed by atoms with E-state index in [4.69, 9.17) is 5.73 Å². The van der Waals surface area contributed by atoms with E-state index in [1.165, 1.54) is 5.56 Å². The molecule has 2 atom stereocenters. The molecule has 5 nitrogen and oxygen atoms in total. The lowest BCUT2D eigenvalue weighted by Crippen LogP contribution is -2.40. The summed E-state index contributed by atoms with van der Waals surface area (Å²) in [6.45, 7) is 3.90. The molecule has 1 aromatic carbocycles. The van der Waals surface area contributed by atoms with Gasteiger partial charge >= 0.3 is 6.03 Å². The number of nitrogens with zero attached hydrogens (tertiary/aromatic N) is 1. The minimum atomic E-state index is -0.779. The Morgan fingerprint density at radius 3 is 2.73 bits per heavy atom. The summed E-state index contributed by atoms with van der Waals surface area (Å²) in [6.07, 6.45) is 3.71. The van der Waals surface area contributed by atoms with Crippen molar-refractivity contribution in [3.8, 4) is 0 Å². The second-order valence-electron chi connectivity index (χ2n) is 5.83. The van der Waals surface area contributed by atoms with Gasteiger partial charge in [0.25, 0.3) is 0 Å². The van der Waals surface area contributed by atoms with Crippen LogP contribution in [0.15, 0.2) is 30.3 Å². The summed E-state index contributed by atoms with van der Waals surface area (Å²) in [6, 6.07) is 10.3. The fourth-order valence-electron chi connectivity index (χ4n) is 3.46. The number of rotatable bonds is 6. The van der Waals surface area contributed by atoms with E-state index < -0.39 is 6.03 Å². The van der Waals surface area contributed by atoms with E-state index >= 15 is 0 Å². The molecule has 1 aliphatic heterocycles. The molecule has 120 valence electrons. The van der Waals surface area contributed by atoms with Crippen molar-refractivity contribution >= 4 is 11.9 Å². The summed E-state index contributed by atoms with van der Waals surface area (Å²) in [5.41, 5.74) is 6.33. The summed E-state index contributed by atoms with van der Waals surface area (Å²) in [7, 11) is 0. The van der Waals surface area contributed by atoms with Crippen molar-refractivity contribution in [2.45, 2.75) is 44.6 Å². The van der Waals surface area contributed by atoms with Gasteiger partial charge in [-0.05, 0) is 37.3 Å². The zero-order chi connectivity index (χ0) is 15.9. The smallest absolute Gasteiger partial charge is 0.318 e. The van der Waals surface area contributed by atoms with Crippen molar-refractivity contribution in [2.24, 2.45) is 5.73 Å². The predicted molar refractivity (Wildman–Crippen MR) is 86.4 cm³/mol. The molecule has 0 saturated carbocycles. The zero-order valence-corrected chi connectivity index (χ0v) is 13.1. The molecule has 1 aromatic rings. The van der Waals surface area contributed by atoms with Gasteiger partial charge in [-0.25, -0.2) is 4.79 Å². The van der Waals surface area contributed by atoms with Gasteiger partial charge in [0.2, 0.25) is 5.91 Å². The molecule has 22 heavy (non-hydrogen) atoms. The number of imide groups is 1. The minimum Gasteiger partial charge on any atom is -0.351 e. The molecule has 5 heteroatoms. The number of carbonyl (C=O) groups excluding carboxylic acids is 2. The van der Waals surface area contributed by atoms with Gasteiger partial charge in [-0.2, -0.15) is 0 Å². The summed E-state index contributed by atoms with van der Waals surface area (Å²) < 4.78 is 0. The molecule has 1 heterocycles. The Bertz CT molecular complexity index is 504. The number of carbonyl (C=O) groups is 2. The van der Waals surface area contributed by atoms with Gasteiger partial charge in [0.1, 0.15) is 0 Å². The van der Waals surface area contributed by atoms with E-state index in [0.717, 1.165) is 25.8 Å². The highest BCUT2D eigenvalue weighted by Crippen LogP contribution is 2.33. The van der Waals surface area contributed by atoms with Gasteiger partial charge in [0.05, 0.1) is 0 Å².